The van der Waals surface area contributed by atoms with Crippen LogP contribution in [-0.4, -0.2) is 57.6 Å². The van der Waals surface area contributed by atoms with Gasteiger partial charge >= 0.3 is 0 Å². The zero-order valence-electron chi connectivity index (χ0n) is 15.0. The lowest BCUT2D eigenvalue weighted by atomic mass is 9.94. The second kappa shape index (κ2) is 7.76. The SMILES string of the molecule is CSc1cccc(CN2CC3CCC2CN(C(=O)c2cnccn2)C3)c1. The average Bonchev–Trinajstić information content (AvgIpc) is 3.00. The van der Waals surface area contributed by atoms with Gasteiger partial charge in [0.05, 0.1) is 6.20 Å². The van der Waals surface area contributed by atoms with Crippen molar-refractivity contribution in [1.29, 1.82) is 0 Å². The number of amides is 1. The van der Waals surface area contributed by atoms with Crippen molar-refractivity contribution < 1.29 is 4.79 Å². The first kappa shape index (κ1) is 17.5. The highest BCUT2D eigenvalue weighted by atomic mass is 32.2. The summed E-state index contributed by atoms with van der Waals surface area (Å²) < 4.78 is 0. The molecule has 2 aromatic rings. The molecule has 2 unspecified atom stereocenters. The van der Waals surface area contributed by atoms with Crippen molar-refractivity contribution in [2.75, 3.05) is 25.9 Å². The maximum atomic E-state index is 12.8. The molecule has 2 atom stereocenters. The average molecular weight is 369 g/mol. The molecule has 1 aromatic heterocycles. The first-order chi connectivity index (χ1) is 12.7. The molecule has 5 nitrogen and oxygen atoms in total. The van der Waals surface area contributed by atoms with Gasteiger partial charge in [0.25, 0.3) is 5.91 Å². The number of rotatable bonds is 4. The van der Waals surface area contributed by atoms with Crippen LogP contribution in [0.4, 0.5) is 0 Å². The standard InChI is InChI=1S/C20H24N4OS/c1-26-18-4-2-3-15(9-18)11-23-12-16-5-6-17(23)14-24(13-16)20(25)19-10-21-7-8-22-19/h2-4,7-10,16-17H,5-6,11-14H2,1H3. The van der Waals surface area contributed by atoms with Crippen molar-refractivity contribution in [2.24, 2.45) is 5.92 Å². The van der Waals surface area contributed by atoms with E-state index >= 15 is 0 Å². The second-order valence-electron chi connectivity index (χ2n) is 7.18. The number of aromatic nitrogens is 2. The Morgan fingerprint density at radius 2 is 2.15 bits per heavy atom. The van der Waals surface area contributed by atoms with Crippen LogP contribution in [0, 0.1) is 5.92 Å². The maximum absolute atomic E-state index is 12.8. The van der Waals surface area contributed by atoms with Crippen LogP contribution in [0.15, 0.2) is 47.8 Å². The van der Waals surface area contributed by atoms with Gasteiger partial charge in [-0.3, -0.25) is 14.7 Å². The quantitative estimate of drug-likeness (QED) is 0.777. The van der Waals surface area contributed by atoms with E-state index in [1.165, 1.54) is 16.9 Å². The third kappa shape index (κ3) is 3.76. The molecule has 1 aromatic carbocycles. The minimum atomic E-state index is 0.0150. The summed E-state index contributed by atoms with van der Waals surface area (Å²) >= 11 is 1.78. The molecular weight excluding hydrogens is 344 g/mol. The van der Waals surface area contributed by atoms with E-state index in [1.54, 1.807) is 30.4 Å². The van der Waals surface area contributed by atoms with Crippen molar-refractivity contribution in [1.82, 2.24) is 19.8 Å². The predicted octanol–water partition coefficient (Wildman–Crippen LogP) is 2.94. The van der Waals surface area contributed by atoms with Crippen LogP contribution in [-0.2, 0) is 6.54 Å². The summed E-state index contributed by atoms with van der Waals surface area (Å²) in [4.78, 5) is 26.9. The molecule has 4 heterocycles. The Morgan fingerprint density at radius 3 is 2.96 bits per heavy atom. The Kier molecular flexibility index (Phi) is 5.22. The molecule has 0 aliphatic carbocycles. The largest absolute Gasteiger partial charge is 0.335 e. The minimum absolute atomic E-state index is 0.0150. The predicted molar refractivity (Wildman–Crippen MR) is 103 cm³/mol. The zero-order chi connectivity index (χ0) is 17.9. The molecule has 26 heavy (non-hydrogen) atoms. The Morgan fingerprint density at radius 1 is 1.23 bits per heavy atom. The molecular formula is C20H24N4OS. The van der Waals surface area contributed by atoms with Gasteiger partial charge in [-0.1, -0.05) is 12.1 Å². The summed E-state index contributed by atoms with van der Waals surface area (Å²) in [7, 11) is 0. The topological polar surface area (TPSA) is 49.3 Å². The molecule has 0 radical (unpaired) electrons. The highest BCUT2D eigenvalue weighted by molar-refractivity contribution is 7.98. The van der Waals surface area contributed by atoms with Crippen molar-refractivity contribution in [3.63, 3.8) is 0 Å². The smallest absolute Gasteiger partial charge is 0.274 e. The Hall–Kier alpha value is -1.92. The monoisotopic (exact) mass is 368 g/mol. The van der Waals surface area contributed by atoms with Gasteiger partial charge in [-0.15, -0.1) is 11.8 Å². The third-order valence-corrected chi connectivity index (χ3v) is 6.14. The Bertz CT molecular complexity index is 769. The fourth-order valence-electron chi connectivity index (χ4n) is 4.12. The Labute approximate surface area is 158 Å². The van der Waals surface area contributed by atoms with Crippen LogP contribution in [0.25, 0.3) is 0 Å². The lowest BCUT2D eigenvalue weighted by Crippen LogP contribution is -2.44. The van der Waals surface area contributed by atoms with E-state index in [9.17, 15) is 4.79 Å². The molecule has 3 saturated heterocycles. The summed E-state index contributed by atoms with van der Waals surface area (Å²) in [6, 6.07) is 9.21. The van der Waals surface area contributed by atoms with Gasteiger partial charge < -0.3 is 4.90 Å². The Balaban J connectivity index is 1.48. The lowest BCUT2D eigenvalue weighted by Gasteiger charge is -2.36. The molecule has 2 bridgehead atoms. The normalized spacial score (nSPS) is 23.0. The second-order valence-corrected chi connectivity index (χ2v) is 8.06. The molecule has 0 spiro atoms. The first-order valence-corrected chi connectivity index (χ1v) is 10.4. The molecule has 3 fully saturated rings. The molecule has 0 saturated carbocycles. The molecule has 3 aliphatic heterocycles. The van der Waals surface area contributed by atoms with E-state index in [-0.39, 0.29) is 5.91 Å². The number of nitrogens with zero attached hydrogens (tertiary/aromatic N) is 4. The van der Waals surface area contributed by atoms with Crippen LogP contribution >= 0.6 is 11.8 Å². The van der Waals surface area contributed by atoms with Crippen molar-refractivity contribution in [3.8, 4) is 0 Å². The number of carbonyl (C=O) groups is 1. The number of thioether (sulfide) groups is 1. The number of fused-ring (bicyclic) bond motifs is 4. The number of hydrogen-bond acceptors (Lipinski definition) is 5. The lowest BCUT2D eigenvalue weighted by molar-refractivity contribution is 0.0729. The molecule has 3 aliphatic rings. The van der Waals surface area contributed by atoms with Gasteiger partial charge in [0.2, 0.25) is 0 Å². The highest BCUT2D eigenvalue weighted by Crippen LogP contribution is 2.30. The van der Waals surface area contributed by atoms with Gasteiger partial charge in [-0.05, 0) is 42.7 Å². The highest BCUT2D eigenvalue weighted by Gasteiger charge is 2.36. The zero-order valence-corrected chi connectivity index (χ0v) is 15.9. The maximum Gasteiger partial charge on any atom is 0.274 e. The van der Waals surface area contributed by atoms with Gasteiger partial charge in [-0.25, -0.2) is 4.98 Å². The fourth-order valence-corrected chi connectivity index (χ4v) is 4.60. The summed E-state index contributed by atoms with van der Waals surface area (Å²) in [5.41, 5.74) is 1.81. The number of carbonyl (C=O) groups excluding carboxylic acids is 1. The molecule has 136 valence electrons. The van der Waals surface area contributed by atoms with Crippen molar-refractivity contribution in [2.45, 2.75) is 30.3 Å². The van der Waals surface area contributed by atoms with Gasteiger partial charge in [0.15, 0.2) is 0 Å². The van der Waals surface area contributed by atoms with Gasteiger partial charge in [-0.2, -0.15) is 0 Å². The molecule has 1 amide bonds. The van der Waals surface area contributed by atoms with Crippen LogP contribution in [0.1, 0.15) is 28.9 Å². The number of hydrogen-bond donors (Lipinski definition) is 0. The van der Waals surface area contributed by atoms with Crippen LogP contribution < -0.4 is 0 Å². The number of piperidine rings is 1. The van der Waals surface area contributed by atoms with E-state index in [0.29, 0.717) is 17.7 Å². The summed E-state index contributed by atoms with van der Waals surface area (Å²) in [6.07, 6.45) is 9.25. The number of benzene rings is 1. The van der Waals surface area contributed by atoms with Crippen LogP contribution in [0.2, 0.25) is 0 Å². The van der Waals surface area contributed by atoms with E-state index < -0.39 is 0 Å². The van der Waals surface area contributed by atoms with E-state index in [0.717, 1.165) is 32.6 Å². The van der Waals surface area contributed by atoms with E-state index in [4.69, 9.17) is 0 Å². The summed E-state index contributed by atoms with van der Waals surface area (Å²) in [5.74, 6) is 0.555. The van der Waals surface area contributed by atoms with E-state index in [2.05, 4.69) is 45.4 Å². The summed E-state index contributed by atoms with van der Waals surface area (Å²) in [6.45, 7) is 3.64. The molecule has 6 heteroatoms. The first-order valence-electron chi connectivity index (χ1n) is 9.15. The third-order valence-electron chi connectivity index (χ3n) is 5.42. The van der Waals surface area contributed by atoms with Crippen molar-refractivity contribution >= 4 is 17.7 Å². The molecule has 0 N–H and O–H groups in total. The minimum Gasteiger partial charge on any atom is -0.335 e. The van der Waals surface area contributed by atoms with Crippen LogP contribution in [0.3, 0.4) is 0 Å². The van der Waals surface area contributed by atoms with Gasteiger partial charge in [0.1, 0.15) is 5.69 Å². The fraction of sp³-hybridized carbons (Fsp3) is 0.450. The summed E-state index contributed by atoms with van der Waals surface area (Å²) in [5, 5.41) is 0. The molecule has 5 rings (SSSR count). The van der Waals surface area contributed by atoms with Gasteiger partial charge in [0, 0.05) is 49.5 Å². The van der Waals surface area contributed by atoms with E-state index in [1.807, 2.05) is 4.90 Å². The van der Waals surface area contributed by atoms with Crippen molar-refractivity contribution in [3.05, 3.63) is 54.1 Å². The van der Waals surface area contributed by atoms with Crippen LogP contribution in [0.5, 0.6) is 0 Å².